The largest absolute Gasteiger partial charge is 0.348 e. The van der Waals surface area contributed by atoms with Crippen LogP contribution >= 0.6 is 22.7 Å². The molecule has 1 unspecified atom stereocenters. The summed E-state index contributed by atoms with van der Waals surface area (Å²) >= 11 is 3.37. The number of thiazole rings is 1. The van der Waals surface area contributed by atoms with Crippen LogP contribution in [0.1, 0.15) is 36.2 Å². The molecule has 120 valence electrons. The third kappa shape index (κ3) is 3.98. The third-order valence-electron chi connectivity index (χ3n) is 3.74. The van der Waals surface area contributed by atoms with Crippen molar-refractivity contribution in [3.63, 3.8) is 0 Å². The molecule has 5 heteroatoms. The molecule has 0 saturated carbocycles. The fourth-order valence-corrected chi connectivity index (χ4v) is 4.44. The van der Waals surface area contributed by atoms with E-state index in [0.29, 0.717) is 18.8 Å². The van der Waals surface area contributed by atoms with E-state index in [0.717, 1.165) is 10.5 Å². The minimum atomic E-state index is 0.0938. The maximum absolute atomic E-state index is 12.3. The van der Waals surface area contributed by atoms with E-state index >= 15 is 0 Å². The van der Waals surface area contributed by atoms with Crippen LogP contribution in [-0.4, -0.2) is 10.9 Å². The standard InChI is InChI=1S/C18H20N2OS2/c1-12(2)18(15-8-5-11-22-15)20-16(21)9-10-17-19-13-6-3-4-7-14(13)23-17/h3-8,11-12,18H,9-10H2,1-2H3,(H,20,21). The van der Waals surface area contributed by atoms with Gasteiger partial charge in [-0.25, -0.2) is 4.98 Å². The second-order valence-electron chi connectivity index (χ2n) is 5.88. The van der Waals surface area contributed by atoms with Crippen molar-refractivity contribution in [1.29, 1.82) is 0 Å². The van der Waals surface area contributed by atoms with E-state index in [1.54, 1.807) is 22.7 Å². The molecule has 1 atom stereocenters. The first-order valence-corrected chi connectivity index (χ1v) is 9.50. The van der Waals surface area contributed by atoms with E-state index in [2.05, 4.69) is 41.7 Å². The number of aryl methyl sites for hydroxylation is 1. The summed E-state index contributed by atoms with van der Waals surface area (Å²) in [7, 11) is 0. The maximum Gasteiger partial charge on any atom is 0.220 e. The predicted molar refractivity (Wildman–Crippen MR) is 98.0 cm³/mol. The van der Waals surface area contributed by atoms with E-state index < -0.39 is 0 Å². The molecule has 0 spiro atoms. The molecule has 0 fully saturated rings. The lowest BCUT2D eigenvalue weighted by atomic mass is 10.0. The fourth-order valence-electron chi connectivity index (χ4n) is 2.53. The van der Waals surface area contributed by atoms with Crippen molar-refractivity contribution in [2.24, 2.45) is 5.92 Å². The van der Waals surface area contributed by atoms with E-state index in [4.69, 9.17) is 0 Å². The summed E-state index contributed by atoms with van der Waals surface area (Å²) in [5.41, 5.74) is 1.02. The van der Waals surface area contributed by atoms with Gasteiger partial charge in [-0.1, -0.05) is 32.0 Å². The SMILES string of the molecule is CC(C)C(NC(=O)CCc1nc2ccccc2s1)c1cccs1. The fraction of sp³-hybridized carbons (Fsp3) is 0.333. The molecule has 0 aliphatic heterocycles. The normalized spacial score (nSPS) is 12.7. The van der Waals surface area contributed by atoms with Crippen LogP contribution in [0, 0.1) is 5.92 Å². The van der Waals surface area contributed by atoms with Gasteiger partial charge < -0.3 is 5.32 Å². The highest BCUT2D eigenvalue weighted by molar-refractivity contribution is 7.18. The van der Waals surface area contributed by atoms with Crippen molar-refractivity contribution in [1.82, 2.24) is 10.3 Å². The lowest BCUT2D eigenvalue weighted by Gasteiger charge is -2.21. The van der Waals surface area contributed by atoms with Gasteiger partial charge in [0.05, 0.1) is 21.3 Å². The van der Waals surface area contributed by atoms with Gasteiger partial charge in [0, 0.05) is 17.7 Å². The molecule has 3 nitrogen and oxygen atoms in total. The quantitative estimate of drug-likeness (QED) is 0.697. The number of rotatable bonds is 6. The Hall–Kier alpha value is -1.72. The lowest BCUT2D eigenvalue weighted by molar-refractivity contribution is -0.122. The Labute approximate surface area is 144 Å². The summed E-state index contributed by atoms with van der Waals surface area (Å²) in [6.45, 7) is 4.27. The number of aromatic nitrogens is 1. The minimum absolute atomic E-state index is 0.0938. The monoisotopic (exact) mass is 344 g/mol. The lowest BCUT2D eigenvalue weighted by Crippen LogP contribution is -2.31. The predicted octanol–water partition coefficient (Wildman–Crippen LogP) is 4.80. The zero-order valence-electron chi connectivity index (χ0n) is 13.3. The smallest absolute Gasteiger partial charge is 0.220 e. The van der Waals surface area contributed by atoms with Crippen molar-refractivity contribution in [3.05, 3.63) is 51.7 Å². The Morgan fingerprint density at radius 2 is 2.04 bits per heavy atom. The highest BCUT2D eigenvalue weighted by Gasteiger charge is 2.19. The molecule has 0 bridgehead atoms. The Bertz CT molecular complexity index is 744. The summed E-state index contributed by atoms with van der Waals surface area (Å²) in [5, 5.41) is 6.25. The number of hydrogen-bond acceptors (Lipinski definition) is 4. The van der Waals surface area contributed by atoms with Gasteiger partial charge in [-0.15, -0.1) is 22.7 Å². The number of fused-ring (bicyclic) bond motifs is 1. The molecule has 0 aliphatic carbocycles. The van der Waals surface area contributed by atoms with Gasteiger partial charge in [-0.3, -0.25) is 4.79 Å². The summed E-state index contributed by atoms with van der Waals surface area (Å²) in [6.07, 6.45) is 1.18. The molecule has 0 saturated heterocycles. The molecule has 0 aliphatic rings. The summed E-state index contributed by atoms with van der Waals surface area (Å²) in [5.74, 6) is 0.469. The molecule has 2 heterocycles. The van der Waals surface area contributed by atoms with Gasteiger partial charge in [-0.2, -0.15) is 0 Å². The first kappa shape index (κ1) is 16.1. The number of hydrogen-bond donors (Lipinski definition) is 1. The second kappa shape index (κ2) is 7.23. The van der Waals surface area contributed by atoms with Crippen molar-refractivity contribution in [2.45, 2.75) is 32.7 Å². The summed E-state index contributed by atoms with van der Waals surface area (Å²) in [6, 6.07) is 12.3. The average Bonchev–Trinajstić information content (AvgIpc) is 3.19. The number of carbonyl (C=O) groups is 1. The van der Waals surface area contributed by atoms with Crippen molar-refractivity contribution >= 4 is 38.8 Å². The number of thiophene rings is 1. The molecule has 1 amide bonds. The van der Waals surface area contributed by atoms with Gasteiger partial charge in [0.15, 0.2) is 0 Å². The van der Waals surface area contributed by atoms with Crippen LogP contribution in [0.5, 0.6) is 0 Å². The Morgan fingerprint density at radius 1 is 1.22 bits per heavy atom. The van der Waals surface area contributed by atoms with Gasteiger partial charge in [-0.05, 0) is 29.5 Å². The molecular weight excluding hydrogens is 324 g/mol. The van der Waals surface area contributed by atoms with Gasteiger partial charge in [0.1, 0.15) is 0 Å². The van der Waals surface area contributed by atoms with E-state index in [1.807, 2.05) is 24.3 Å². The zero-order chi connectivity index (χ0) is 16.2. The molecule has 3 rings (SSSR count). The highest BCUT2D eigenvalue weighted by Crippen LogP contribution is 2.26. The number of benzene rings is 1. The van der Waals surface area contributed by atoms with Crippen LogP contribution in [0.2, 0.25) is 0 Å². The summed E-state index contributed by atoms with van der Waals surface area (Å²) in [4.78, 5) is 18.1. The van der Waals surface area contributed by atoms with Crippen molar-refractivity contribution < 1.29 is 4.79 Å². The molecule has 2 aromatic heterocycles. The van der Waals surface area contributed by atoms with Crippen LogP contribution in [-0.2, 0) is 11.2 Å². The molecule has 1 aromatic carbocycles. The van der Waals surface area contributed by atoms with Crippen molar-refractivity contribution in [3.8, 4) is 0 Å². The number of nitrogens with zero attached hydrogens (tertiary/aromatic N) is 1. The Morgan fingerprint density at radius 3 is 2.74 bits per heavy atom. The molecule has 23 heavy (non-hydrogen) atoms. The number of nitrogens with one attached hydrogen (secondary N) is 1. The number of amides is 1. The molecule has 3 aromatic rings. The Balaban J connectivity index is 1.60. The van der Waals surface area contributed by atoms with Crippen molar-refractivity contribution in [2.75, 3.05) is 0 Å². The average molecular weight is 345 g/mol. The van der Waals surface area contributed by atoms with Crippen LogP contribution in [0.3, 0.4) is 0 Å². The maximum atomic E-state index is 12.3. The molecule has 0 radical (unpaired) electrons. The van der Waals surface area contributed by atoms with E-state index in [9.17, 15) is 4.79 Å². The van der Waals surface area contributed by atoms with Crippen LogP contribution in [0.15, 0.2) is 41.8 Å². The summed E-state index contributed by atoms with van der Waals surface area (Å²) < 4.78 is 1.18. The zero-order valence-corrected chi connectivity index (χ0v) is 14.9. The number of para-hydroxylation sites is 1. The Kier molecular flexibility index (Phi) is 5.08. The van der Waals surface area contributed by atoms with E-state index in [1.165, 1.54) is 9.58 Å². The molecule has 1 N–H and O–H groups in total. The third-order valence-corrected chi connectivity index (χ3v) is 5.79. The first-order chi connectivity index (χ1) is 11.1. The second-order valence-corrected chi connectivity index (χ2v) is 7.97. The van der Waals surface area contributed by atoms with Gasteiger partial charge >= 0.3 is 0 Å². The van der Waals surface area contributed by atoms with Crippen LogP contribution in [0.4, 0.5) is 0 Å². The topological polar surface area (TPSA) is 42.0 Å². The van der Waals surface area contributed by atoms with E-state index in [-0.39, 0.29) is 11.9 Å². The minimum Gasteiger partial charge on any atom is -0.348 e. The van der Waals surface area contributed by atoms with Crippen LogP contribution < -0.4 is 5.32 Å². The molecular formula is C18H20N2OS2. The number of carbonyl (C=O) groups excluding carboxylic acids is 1. The van der Waals surface area contributed by atoms with Gasteiger partial charge in [0.25, 0.3) is 0 Å². The van der Waals surface area contributed by atoms with Gasteiger partial charge in [0.2, 0.25) is 5.91 Å². The van der Waals surface area contributed by atoms with Crippen LogP contribution in [0.25, 0.3) is 10.2 Å². The first-order valence-electron chi connectivity index (χ1n) is 7.80. The highest BCUT2D eigenvalue weighted by atomic mass is 32.1.